The molecule has 2 heterocycles. The van der Waals surface area contributed by atoms with E-state index < -0.39 is 0 Å². The Morgan fingerprint density at radius 1 is 1.40 bits per heavy atom. The van der Waals surface area contributed by atoms with Gasteiger partial charge in [-0.25, -0.2) is 0 Å². The van der Waals surface area contributed by atoms with E-state index in [4.69, 9.17) is 15.2 Å². The number of nitrogens with two attached hydrogens (primary N) is 1. The van der Waals surface area contributed by atoms with E-state index in [-0.39, 0.29) is 12.1 Å². The summed E-state index contributed by atoms with van der Waals surface area (Å²) in [6.07, 6.45) is 2.56. The summed E-state index contributed by atoms with van der Waals surface area (Å²) in [5, 5.41) is 4.28. The number of aromatic nitrogens is 2. The van der Waals surface area contributed by atoms with Crippen molar-refractivity contribution in [3.05, 3.63) is 41.2 Å². The minimum absolute atomic E-state index is 0.0331. The number of nitrogens with zero attached hydrogens (tertiary/aromatic N) is 2. The van der Waals surface area contributed by atoms with Crippen LogP contribution in [0.1, 0.15) is 35.4 Å². The summed E-state index contributed by atoms with van der Waals surface area (Å²) in [6, 6.07) is 5.75. The van der Waals surface area contributed by atoms with Gasteiger partial charge in [0, 0.05) is 42.4 Å². The standard InChI is InChI=1S/C15H19N3O2/c1-9-12(8-17-18(9)2)15-7-13(16)11-5-4-10(19-3)6-14(11)20-15/h4-6,8,13,15H,7,16H2,1-3H3. The molecule has 5 heteroatoms. The van der Waals surface area contributed by atoms with Gasteiger partial charge in [0.15, 0.2) is 0 Å². The second kappa shape index (κ2) is 4.83. The monoisotopic (exact) mass is 273 g/mol. The Bertz CT molecular complexity index is 636. The van der Waals surface area contributed by atoms with Crippen LogP contribution in [0.3, 0.4) is 0 Å². The molecule has 0 radical (unpaired) electrons. The highest BCUT2D eigenvalue weighted by molar-refractivity contribution is 5.44. The fraction of sp³-hybridized carbons (Fsp3) is 0.400. The van der Waals surface area contributed by atoms with Crippen LogP contribution >= 0.6 is 0 Å². The summed E-state index contributed by atoms with van der Waals surface area (Å²) in [5.41, 5.74) is 9.50. The topological polar surface area (TPSA) is 62.3 Å². The number of rotatable bonds is 2. The van der Waals surface area contributed by atoms with Crippen molar-refractivity contribution in [2.45, 2.75) is 25.5 Å². The first-order valence-corrected chi connectivity index (χ1v) is 6.69. The van der Waals surface area contributed by atoms with Crippen molar-refractivity contribution < 1.29 is 9.47 Å². The highest BCUT2D eigenvalue weighted by atomic mass is 16.5. The number of benzene rings is 1. The predicted octanol–water partition coefficient (Wildman–Crippen LogP) is 2.26. The Balaban J connectivity index is 1.97. The largest absolute Gasteiger partial charge is 0.497 e. The summed E-state index contributed by atoms with van der Waals surface area (Å²) in [6.45, 7) is 2.04. The zero-order valence-corrected chi connectivity index (χ0v) is 12.0. The van der Waals surface area contributed by atoms with E-state index in [0.717, 1.165) is 34.7 Å². The molecule has 20 heavy (non-hydrogen) atoms. The molecule has 3 rings (SSSR count). The molecule has 2 aromatic rings. The molecule has 2 unspecified atom stereocenters. The van der Waals surface area contributed by atoms with Crippen molar-refractivity contribution in [3.63, 3.8) is 0 Å². The number of aryl methyl sites for hydroxylation is 1. The molecule has 0 bridgehead atoms. The first-order chi connectivity index (χ1) is 9.60. The first-order valence-electron chi connectivity index (χ1n) is 6.69. The van der Waals surface area contributed by atoms with Gasteiger partial charge >= 0.3 is 0 Å². The smallest absolute Gasteiger partial charge is 0.129 e. The van der Waals surface area contributed by atoms with Gasteiger partial charge in [-0.05, 0) is 13.0 Å². The van der Waals surface area contributed by atoms with Crippen LogP contribution in [0.5, 0.6) is 11.5 Å². The second-order valence-corrected chi connectivity index (χ2v) is 5.16. The van der Waals surface area contributed by atoms with Crippen LogP contribution in [0.25, 0.3) is 0 Å². The molecule has 0 saturated heterocycles. The minimum atomic E-state index is -0.0571. The molecule has 0 saturated carbocycles. The van der Waals surface area contributed by atoms with Crippen LogP contribution in [-0.2, 0) is 7.05 Å². The van der Waals surface area contributed by atoms with Crippen LogP contribution in [0.15, 0.2) is 24.4 Å². The Labute approximate surface area is 118 Å². The number of methoxy groups -OCH3 is 1. The normalized spacial score (nSPS) is 21.2. The van der Waals surface area contributed by atoms with Crippen molar-refractivity contribution >= 4 is 0 Å². The van der Waals surface area contributed by atoms with E-state index in [1.54, 1.807) is 7.11 Å². The average molecular weight is 273 g/mol. The zero-order chi connectivity index (χ0) is 14.3. The van der Waals surface area contributed by atoms with Crippen LogP contribution in [0.4, 0.5) is 0 Å². The second-order valence-electron chi connectivity index (χ2n) is 5.16. The Hall–Kier alpha value is -2.01. The van der Waals surface area contributed by atoms with Gasteiger partial charge < -0.3 is 15.2 Å². The fourth-order valence-electron chi connectivity index (χ4n) is 2.63. The SMILES string of the molecule is COc1ccc2c(c1)OC(c1cnn(C)c1C)CC2N. The molecular weight excluding hydrogens is 254 g/mol. The molecular formula is C15H19N3O2. The molecule has 0 aliphatic carbocycles. The lowest BCUT2D eigenvalue weighted by Crippen LogP contribution is -2.24. The number of hydrogen-bond donors (Lipinski definition) is 1. The maximum absolute atomic E-state index is 6.27. The summed E-state index contributed by atoms with van der Waals surface area (Å²) >= 11 is 0. The molecule has 1 aliphatic heterocycles. The Morgan fingerprint density at radius 2 is 2.20 bits per heavy atom. The molecule has 1 aromatic carbocycles. The third-order valence-electron chi connectivity index (χ3n) is 3.98. The van der Waals surface area contributed by atoms with E-state index in [1.807, 2.05) is 43.0 Å². The van der Waals surface area contributed by atoms with Crippen molar-refractivity contribution in [2.24, 2.45) is 12.8 Å². The van der Waals surface area contributed by atoms with Gasteiger partial charge in [-0.3, -0.25) is 4.68 Å². The summed E-state index contributed by atoms with van der Waals surface area (Å²) < 4.78 is 13.2. The molecule has 0 amide bonds. The quantitative estimate of drug-likeness (QED) is 0.911. The molecule has 1 aliphatic rings. The van der Waals surface area contributed by atoms with Gasteiger partial charge in [0.2, 0.25) is 0 Å². The van der Waals surface area contributed by atoms with Gasteiger partial charge in [0.05, 0.1) is 13.3 Å². The lowest BCUT2D eigenvalue weighted by molar-refractivity contribution is 0.160. The molecule has 2 N–H and O–H groups in total. The maximum atomic E-state index is 6.27. The van der Waals surface area contributed by atoms with Gasteiger partial charge in [0.1, 0.15) is 17.6 Å². The minimum Gasteiger partial charge on any atom is -0.497 e. The number of ether oxygens (including phenoxy) is 2. The molecule has 0 fully saturated rings. The third kappa shape index (κ3) is 2.04. The van der Waals surface area contributed by atoms with Gasteiger partial charge in [-0.2, -0.15) is 5.10 Å². The Morgan fingerprint density at radius 3 is 2.85 bits per heavy atom. The summed E-state index contributed by atoms with van der Waals surface area (Å²) in [7, 11) is 3.58. The Kier molecular flexibility index (Phi) is 3.14. The van der Waals surface area contributed by atoms with E-state index in [0.29, 0.717) is 0 Å². The van der Waals surface area contributed by atoms with Crippen LogP contribution in [0, 0.1) is 6.92 Å². The third-order valence-corrected chi connectivity index (χ3v) is 3.98. The van der Waals surface area contributed by atoms with Crippen LogP contribution in [0.2, 0.25) is 0 Å². The average Bonchev–Trinajstić information content (AvgIpc) is 2.78. The molecule has 1 aromatic heterocycles. The highest BCUT2D eigenvalue weighted by Gasteiger charge is 2.29. The lowest BCUT2D eigenvalue weighted by Gasteiger charge is -2.30. The van der Waals surface area contributed by atoms with Crippen molar-refractivity contribution in [3.8, 4) is 11.5 Å². The van der Waals surface area contributed by atoms with E-state index in [1.165, 1.54) is 0 Å². The number of fused-ring (bicyclic) bond motifs is 1. The van der Waals surface area contributed by atoms with Crippen LogP contribution < -0.4 is 15.2 Å². The van der Waals surface area contributed by atoms with Gasteiger partial charge in [-0.15, -0.1) is 0 Å². The molecule has 2 atom stereocenters. The fourth-order valence-corrected chi connectivity index (χ4v) is 2.63. The van der Waals surface area contributed by atoms with Gasteiger partial charge in [-0.1, -0.05) is 6.07 Å². The summed E-state index contributed by atoms with van der Waals surface area (Å²) in [5.74, 6) is 1.58. The van der Waals surface area contributed by atoms with Crippen molar-refractivity contribution in [2.75, 3.05) is 7.11 Å². The highest BCUT2D eigenvalue weighted by Crippen LogP contribution is 2.41. The van der Waals surface area contributed by atoms with Crippen molar-refractivity contribution in [1.82, 2.24) is 9.78 Å². The van der Waals surface area contributed by atoms with Gasteiger partial charge in [0.25, 0.3) is 0 Å². The molecule has 0 spiro atoms. The van der Waals surface area contributed by atoms with E-state index in [2.05, 4.69) is 5.10 Å². The number of hydrogen-bond acceptors (Lipinski definition) is 4. The first kappa shape index (κ1) is 13.0. The molecule has 5 nitrogen and oxygen atoms in total. The zero-order valence-electron chi connectivity index (χ0n) is 12.0. The van der Waals surface area contributed by atoms with E-state index >= 15 is 0 Å². The van der Waals surface area contributed by atoms with E-state index in [9.17, 15) is 0 Å². The maximum Gasteiger partial charge on any atom is 0.129 e. The lowest BCUT2D eigenvalue weighted by atomic mass is 9.94. The van der Waals surface area contributed by atoms with Crippen molar-refractivity contribution in [1.29, 1.82) is 0 Å². The van der Waals surface area contributed by atoms with Crippen LogP contribution in [-0.4, -0.2) is 16.9 Å². The predicted molar refractivity (Wildman–Crippen MR) is 75.9 cm³/mol. The summed E-state index contributed by atoms with van der Waals surface area (Å²) in [4.78, 5) is 0. The molecule has 106 valence electrons.